The zero-order valence-electron chi connectivity index (χ0n) is 13.7. The molecule has 2 rings (SSSR count). The fourth-order valence-electron chi connectivity index (χ4n) is 2.34. The highest BCUT2D eigenvalue weighted by molar-refractivity contribution is 5.87. The predicted molar refractivity (Wildman–Crippen MR) is 89.5 cm³/mol. The van der Waals surface area contributed by atoms with Crippen LogP contribution in [-0.4, -0.2) is 23.5 Å². The molecule has 0 saturated heterocycles. The van der Waals surface area contributed by atoms with Gasteiger partial charge in [0.1, 0.15) is 5.82 Å². The van der Waals surface area contributed by atoms with Gasteiger partial charge in [-0.1, -0.05) is 38.1 Å². The monoisotopic (exact) mass is 329 g/mol. The molecule has 0 unspecified atom stereocenters. The highest BCUT2D eigenvalue weighted by Gasteiger charge is 2.21. The summed E-state index contributed by atoms with van der Waals surface area (Å²) in [6.45, 7) is 4.37. The first-order chi connectivity index (χ1) is 11.3. The minimum atomic E-state index is -0.993. The molecule has 0 saturated carbocycles. The van der Waals surface area contributed by atoms with Crippen molar-refractivity contribution in [1.29, 1.82) is 0 Å². The van der Waals surface area contributed by atoms with Gasteiger partial charge in [-0.2, -0.15) is 0 Å². The Hall–Kier alpha value is -2.69. The Balaban J connectivity index is 1.92. The molecular weight excluding hydrogens is 309 g/mol. The Kier molecular flexibility index (Phi) is 5.34. The van der Waals surface area contributed by atoms with E-state index < -0.39 is 5.97 Å². The quantitative estimate of drug-likeness (QED) is 0.855. The molecule has 0 fully saturated rings. The number of carboxylic acids is 1. The number of carboxylic acid groups (broad SMARTS) is 1. The highest BCUT2D eigenvalue weighted by atomic mass is 19.1. The number of hydrogen-bond donors (Lipinski definition) is 2. The number of carbonyl (C=O) groups is 2. The molecule has 0 radical (unpaired) electrons. The van der Waals surface area contributed by atoms with Crippen molar-refractivity contribution >= 4 is 11.9 Å². The standard InChI is InChI=1S/C19H20FNO3/c1-19(2,15-7-9-16(20)10-8-15)12-21-17(22)11-13-3-5-14(6-4-13)18(23)24/h3-10H,11-12H2,1-2H3,(H,21,22)(H,23,24). The number of benzene rings is 2. The summed E-state index contributed by atoms with van der Waals surface area (Å²) in [5, 5.41) is 11.7. The molecule has 0 aromatic heterocycles. The molecule has 2 aromatic carbocycles. The van der Waals surface area contributed by atoms with Crippen LogP contribution in [0.4, 0.5) is 4.39 Å². The molecule has 0 spiro atoms. The van der Waals surface area contributed by atoms with Crippen LogP contribution in [0.5, 0.6) is 0 Å². The molecule has 0 aliphatic carbocycles. The van der Waals surface area contributed by atoms with E-state index in [0.717, 1.165) is 11.1 Å². The molecule has 0 heterocycles. The number of hydrogen-bond acceptors (Lipinski definition) is 2. The van der Waals surface area contributed by atoms with E-state index in [0.29, 0.717) is 6.54 Å². The first-order valence-electron chi connectivity index (χ1n) is 7.63. The van der Waals surface area contributed by atoms with Gasteiger partial charge in [-0.05, 0) is 35.4 Å². The molecule has 4 nitrogen and oxygen atoms in total. The average molecular weight is 329 g/mol. The third-order valence-corrected chi connectivity index (χ3v) is 3.92. The van der Waals surface area contributed by atoms with Gasteiger partial charge in [0.05, 0.1) is 12.0 Å². The molecular formula is C19H20FNO3. The summed E-state index contributed by atoms with van der Waals surface area (Å²) in [5.74, 6) is -1.43. The minimum Gasteiger partial charge on any atom is -0.478 e. The smallest absolute Gasteiger partial charge is 0.335 e. The number of aromatic carboxylic acids is 1. The van der Waals surface area contributed by atoms with Gasteiger partial charge in [-0.3, -0.25) is 4.79 Å². The predicted octanol–water partition coefficient (Wildman–Crippen LogP) is 3.16. The second-order valence-electron chi connectivity index (χ2n) is 6.35. The van der Waals surface area contributed by atoms with Crippen LogP contribution in [0, 0.1) is 5.82 Å². The lowest BCUT2D eigenvalue weighted by Gasteiger charge is -2.25. The largest absolute Gasteiger partial charge is 0.478 e. The van der Waals surface area contributed by atoms with Crippen molar-refractivity contribution in [2.75, 3.05) is 6.54 Å². The summed E-state index contributed by atoms with van der Waals surface area (Å²) in [5.41, 5.74) is 1.56. The fourth-order valence-corrected chi connectivity index (χ4v) is 2.34. The van der Waals surface area contributed by atoms with Crippen LogP contribution in [-0.2, 0) is 16.6 Å². The molecule has 0 aliphatic heterocycles. The second-order valence-corrected chi connectivity index (χ2v) is 6.35. The molecule has 24 heavy (non-hydrogen) atoms. The van der Waals surface area contributed by atoms with E-state index >= 15 is 0 Å². The van der Waals surface area contributed by atoms with Crippen molar-refractivity contribution < 1.29 is 19.1 Å². The maximum absolute atomic E-state index is 13.0. The molecule has 1 amide bonds. The van der Waals surface area contributed by atoms with Crippen LogP contribution < -0.4 is 5.32 Å². The minimum absolute atomic E-state index is 0.145. The van der Waals surface area contributed by atoms with Gasteiger partial charge < -0.3 is 10.4 Å². The third kappa shape index (κ3) is 4.65. The molecule has 2 N–H and O–H groups in total. The van der Waals surface area contributed by atoms with E-state index in [1.807, 2.05) is 13.8 Å². The summed E-state index contributed by atoms with van der Waals surface area (Å²) >= 11 is 0. The Morgan fingerprint density at radius 2 is 1.62 bits per heavy atom. The van der Waals surface area contributed by atoms with E-state index in [4.69, 9.17) is 5.11 Å². The number of nitrogens with one attached hydrogen (secondary N) is 1. The molecule has 0 aliphatic rings. The summed E-state index contributed by atoms with van der Waals surface area (Å²) < 4.78 is 13.0. The number of amides is 1. The van der Waals surface area contributed by atoms with Crippen molar-refractivity contribution in [3.8, 4) is 0 Å². The molecule has 0 atom stereocenters. The van der Waals surface area contributed by atoms with E-state index in [1.54, 1.807) is 24.3 Å². The van der Waals surface area contributed by atoms with Crippen LogP contribution in [0.1, 0.15) is 35.3 Å². The van der Waals surface area contributed by atoms with Gasteiger partial charge in [-0.25, -0.2) is 9.18 Å². The Labute approximate surface area is 140 Å². The van der Waals surface area contributed by atoms with Gasteiger partial charge in [0.25, 0.3) is 0 Å². The molecule has 2 aromatic rings. The summed E-state index contributed by atoms with van der Waals surface area (Å²) in [6, 6.07) is 12.5. The Morgan fingerprint density at radius 3 is 2.17 bits per heavy atom. The Morgan fingerprint density at radius 1 is 1.04 bits per heavy atom. The van der Waals surface area contributed by atoms with Crippen LogP contribution in [0.25, 0.3) is 0 Å². The summed E-state index contributed by atoms with van der Waals surface area (Å²) in [6.07, 6.45) is 0.180. The lowest BCUT2D eigenvalue weighted by Crippen LogP contribution is -2.37. The topological polar surface area (TPSA) is 66.4 Å². The van der Waals surface area contributed by atoms with Gasteiger partial charge in [-0.15, -0.1) is 0 Å². The van der Waals surface area contributed by atoms with Crippen molar-refractivity contribution in [2.45, 2.75) is 25.7 Å². The van der Waals surface area contributed by atoms with Crippen molar-refractivity contribution in [1.82, 2.24) is 5.32 Å². The first-order valence-corrected chi connectivity index (χ1v) is 7.63. The van der Waals surface area contributed by atoms with Gasteiger partial charge in [0.15, 0.2) is 0 Å². The fraction of sp³-hybridized carbons (Fsp3) is 0.263. The maximum Gasteiger partial charge on any atom is 0.335 e. The van der Waals surface area contributed by atoms with Gasteiger partial charge in [0.2, 0.25) is 5.91 Å². The molecule has 5 heteroatoms. The lowest BCUT2D eigenvalue weighted by atomic mass is 9.84. The van der Waals surface area contributed by atoms with Gasteiger partial charge >= 0.3 is 5.97 Å². The molecule has 0 bridgehead atoms. The van der Waals surface area contributed by atoms with Gasteiger partial charge in [0, 0.05) is 12.0 Å². The summed E-state index contributed by atoms with van der Waals surface area (Å²) in [7, 11) is 0. The lowest BCUT2D eigenvalue weighted by molar-refractivity contribution is -0.120. The van der Waals surface area contributed by atoms with Crippen molar-refractivity contribution in [3.05, 3.63) is 71.0 Å². The van der Waals surface area contributed by atoms with E-state index in [1.165, 1.54) is 24.3 Å². The Bertz CT molecular complexity index is 721. The van der Waals surface area contributed by atoms with Crippen molar-refractivity contribution in [2.24, 2.45) is 0 Å². The average Bonchev–Trinajstić information content (AvgIpc) is 2.54. The zero-order valence-corrected chi connectivity index (χ0v) is 13.7. The second kappa shape index (κ2) is 7.25. The van der Waals surface area contributed by atoms with Crippen molar-refractivity contribution in [3.63, 3.8) is 0 Å². The van der Waals surface area contributed by atoms with Crippen LogP contribution in [0.15, 0.2) is 48.5 Å². The SMILES string of the molecule is CC(C)(CNC(=O)Cc1ccc(C(=O)O)cc1)c1ccc(F)cc1. The normalized spacial score (nSPS) is 11.1. The summed E-state index contributed by atoms with van der Waals surface area (Å²) in [4.78, 5) is 22.9. The number of halogens is 1. The number of carbonyl (C=O) groups excluding carboxylic acids is 1. The first kappa shape index (κ1) is 17.7. The zero-order chi connectivity index (χ0) is 17.7. The third-order valence-electron chi connectivity index (χ3n) is 3.92. The van der Waals surface area contributed by atoms with Crippen LogP contribution in [0.2, 0.25) is 0 Å². The molecule has 126 valence electrons. The van der Waals surface area contributed by atoms with Crippen LogP contribution >= 0.6 is 0 Å². The van der Waals surface area contributed by atoms with E-state index in [-0.39, 0.29) is 29.1 Å². The highest BCUT2D eigenvalue weighted by Crippen LogP contribution is 2.22. The van der Waals surface area contributed by atoms with E-state index in [9.17, 15) is 14.0 Å². The van der Waals surface area contributed by atoms with Crippen LogP contribution in [0.3, 0.4) is 0 Å². The van der Waals surface area contributed by atoms with E-state index in [2.05, 4.69) is 5.32 Å². The number of rotatable bonds is 6. The maximum atomic E-state index is 13.0.